The van der Waals surface area contributed by atoms with Crippen LogP contribution in [0.4, 0.5) is 17.1 Å². The van der Waals surface area contributed by atoms with Crippen LogP contribution in [0.3, 0.4) is 0 Å². The minimum atomic E-state index is -0.661. The molecular formula is C17H10ClN3O6. The molecule has 0 radical (unpaired) electrons. The van der Waals surface area contributed by atoms with Crippen LogP contribution in [0.25, 0.3) is 11.3 Å². The van der Waals surface area contributed by atoms with Gasteiger partial charge >= 0.3 is 0 Å². The van der Waals surface area contributed by atoms with Gasteiger partial charge in [-0.2, -0.15) is 0 Å². The van der Waals surface area contributed by atoms with Crippen molar-refractivity contribution in [1.82, 2.24) is 0 Å². The molecule has 2 aromatic carbocycles. The first-order valence-electron chi connectivity index (χ1n) is 7.45. The van der Waals surface area contributed by atoms with E-state index in [1.165, 1.54) is 42.5 Å². The number of carbonyl (C=O) groups is 1. The van der Waals surface area contributed by atoms with Gasteiger partial charge in [0.05, 0.1) is 9.85 Å². The Morgan fingerprint density at radius 1 is 1.00 bits per heavy atom. The van der Waals surface area contributed by atoms with E-state index in [0.717, 1.165) is 6.07 Å². The van der Waals surface area contributed by atoms with Gasteiger partial charge < -0.3 is 9.73 Å². The maximum Gasteiger partial charge on any atom is 0.291 e. The van der Waals surface area contributed by atoms with E-state index >= 15 is 0 Å². The summed E-state index contributed by atoms with van der Waals surface area (Å²) in [5.74, 6) is -0.427. The maximum atomic E-state index is 12.3. The number of nitro groups is 2. The maximum absolute atomic E-state index is 12.3. The van der Waals surface area contributed by atoms with Crippen molar-refractivity contribution in [1.29, 1.82) is 0 Å². The fourth-order valence-corrected chi connectivity index (χ4v) is 2.50. The van der Waals surface area contributed by atoms with Crippen molar-refractivity contribution in [2.75, 3.05) is 5.32 Å². The first-order chi connectivity index (χ1) is 12.8. The molecule has 0 aliphatic carbocycles. The van der Waals surface area contributed by atoms with Gasteiger partial charge in [-0.05, 0) is 24.3 Å². The molecule has 1 heterocycles. The molecule has 3 rings (SSSR count). The third-order valence-corrected chi connectivity index (χ3v) is 3.89. The number of benzene rings is 2. The van der Waals surface area contributed by atoms with Crippen molar-refractivity contribution in [2.24, 2.45) is 0 Å². The van der Waals surface area contributed by atoms with Crippen LogP contribution in [0, 0.1) is 20.2 Å². The molecule has 0 fully saturated rings. The van der Waals surface area contributed by atoms with Gasteiger partial charge in [0.25, 0.3) is 17.3 Å². The summed E-state index contributed by atoms with van der Waals surface area (Å²) in [6.07, 6.45) is 0. The van der Waals surface area contributed by atoms with Crippen LogP contribution in [0.2, 0.25) is 5.02 Å². The molecule has 3 aromatic rings. The molecule has 0 saturated heterocycles. The zero-order valence-electron chi connectivity index (χ0n) is 13.4. The van der Waals surface area contributed by atoms with Crippen molar-refractivity contribution in [2.45, 2.75) is 0 Å². The van der Waals surface area contributed by atoms with Gasteiger partial charge in [-0.1, -0.05) is 23.7 Å². The summed E-state index contributed by atoms with van der Waals surface area (Å²) in [4.78, 5) is 32.8. The van der Waals surface area contributed by atoms with Crippen LogP contribution in [0.15, 0.2) is 59.0 Å². The van der Waals surface area contributed by atoms with Gasteiger partial charge in [0, 0.05) is 29.4 Å². The molecule has 136 valence electrons. The molecule has 27 heavy (non-hydrogen) atoms. The van der Waals surface area contributed by atoms with Crippen molar-refractivity contribution in [3.63, 3.8) is 0 Å². The number of nitrogens with zero attached hydrogens (tertiary/aromatic N) is 2. The van der Waals surface area contributed by atoms with Gasteiger partial charge in [0.2, 0.25) is 0 Å². The van der Waals surface area contributed by atoms with E-state index in [-0.39, 0.29) is 33.6 Å². The highest BCUT2D eigenvalue weighted by molar-refractivity contribution is 6.32. The number of furan rings is 1. The number of non-ortho nitro benzene ring substituents is 1. The smallest absolute Gasteiger partial charge is 0.291 e. The highest BCUT2D eigenvalue weighted by Crippen LogP contribution is 2.29. The lowest BCUT2D eigenvalue weighted by atomic mass is 10.1. The standard InChI is InChI=1S/C17H10ClN3O6/c18-13-5-4-11(9-14(13)21(25)26)19-17(22)16-7-6-15(27-16)10-2-1-3-12(8-10)20(23)24/h1-9H,(H,19,22). The summed E-state index contributed by atoms with van der Waals surface area (Å²) >= 11 is 5.73. The molecule has 0 saturated carbocycles. The van der Waals surface area contributed by atoms with Crippen LogP contribution in [-0.4, -0.2) is 15.8 Å². The Hall–Kier alpha value is -3.72. The van der Waals surface area contributed by atoms with E-state index in [2.05, 4.69) is 5.32 Å². The largest absolute Gasteiger partial charge is 0.451 e. The van der Waals surface area contributed by atoms with Gasteiger partial charge in [-0.25, -0.2) is 0 Å². The van der Waals surface area contributed by atoms with E-state index in [1.54, 1.807) is 6.07 Å². The Kier molecular flexibility index (Phi) is 4.86. The topological polar surface area (TPSA) is 129 Å². The molecule has 0 atom stereocenters. The second-order valence-corrected chi connectivity index (χ2v) is 5.76. The van der Waals surface area contributed by atoms with Gasteiger partial charge in [0.15, 0.2) is 5.76 Å². The minimum Gasteiger partial charge on any atom is -0.451 e. The lowest BCUT2D eigenvalue weighted by Crippen LogP contribution is -2.11. The minimum absolute atomic E-state index is 0.0519. The average molecular weight is 388 g/mol. The van der Waals surface area contributed by atoms with Crippen LogP contribution in [0.1, 0.15) is 10.6 Å². The van der Waals surface area contributed by atoms with Gasteiger partial charge in [-0.3, -0.25) is 25.0 Å². The van der Waals surface area contributed by atoms with Crippen molar-refractivity contribution in [3.8, 4) is 11.3 Å². The highest BCUT2D eigenvalue weighted by Gasteiger charge is 2.17. The third kappa shape index (κ3) is 3.93. The molecule has 1 aromatic heterocycles. The van der Waals surface area contributed by atoms with Crippen molar-refractivity contribution >= 4 is 34.6 Å². The fourth-order valence-electron chi connectivity index (χ4n) is 2.31. The Morgan fingerprint density at radius 2 is 1.78 bits per heavy atom. The number of carbonyl (C=O) groups excluding carboxylic acids is 1. The van der Waals surface area contributed by atoms with Crippen molar-refractivity contribution < 1.29 is 19.1 Å². The SMILES string of the molecule is O=C(Nc1ccc(Cl)c([N+](=O)[O-])c1)c1ccc(-c2cccc([N+](=O)[O-])c2)o1. The molecule has 10 heteroatoms. The Bertz CT molecular complexity index is 1060. The summed E-state index contributed by atoms with van der Waals surface area (Å²) in [5.41, 5.74) is 0.157. The summed E-state index contributed by atoms with van der Waals surface area (Å²) in [6.45, 7) is 0. The predicted molar refractivity (Wildman–Crippen MR) is 96.9 cm³/mol. The van der Waals surface area contributed by atoms with Crippen molar-refractivity contribution in [3.05, 3.63) is 85.6 Å². The summed E-state index contributed by atoms with van der Waals surface area (Å²) < 4.78 is 5.45. The van der Waals surface area contributed by atoms with Crippen LogP contribution < -0.4 is 5.32 Å². The lowest BCUT2D eigenvalue weighted by molar-refractivity contribution is -0.384. The van der Waals surface area contributed by atoms with E-state index in [0.29, 0.717) is 5.56 Å². The van der Waals surface area contributed by atoms with Crippen LogP contribution in [0.5, 0.6) is 0 Å². The zero-order chi connectivity index (χ0) is 19.6. The first-order valence-corrected chi connectivity index (χ1v) is 7.83. The number of hydrogen-bond acceptors (Lipinski definition) is 6. The van der Waals surface area contributed by atoms with Gasteiger partial charge in [0.1, 0.15) is 10.8 Å². The number of hydrogen-bond donors (Lipinski definition) is 1. The molecule has 1 N–H and O–H groups in total. The second-order valence-electron chi connectivity index (χ2n) is 5.35. The Labute approximate surface area is 156 Å². The summed E-state index contributed by atoms with van der Waals surface area (Å²) in [6, 6.07) is 12.5. The average Bonchev–Trinajstić information content (AvgIpc) is 3.13. The van der Waals surface area contributed by atoms with E-state index < -0.39 is 15.8 Å². The van der Waals surface area contributed by atoms with Crippen LogP contribution >= 0.6 is 11.6 Å². The summed E-state index contributed by atoms with van der Waals surface area (Å²) in [5, 5.41) is 24.2. The normalized spacial score (nSPS) is 10.4. The molecular weight excluding hydrogens is 378 g/mol. The Morgan fingerprint density at radius 3 is 2.48 bits per heavy atom. The van der Waals surface area contributed by atoms with Gasteiger partial charge in [-0.15, -0.1) is 0 Å². The number of rotatable bonds is 5. The number of nitro benzene ring substituents is 2. The fraction of sp³-hybridized carbons (Fsp3) is 0. The van der Waals surface area contributed by atoms with Crippen LogP contribution in [-0.2, 0) is 0 Å². The second kappa shape index (κ2) is 7.26. The van der Waals surface area contributed by atoms with E-state index in [1.807, 2.05) is 0 Å². The number of anilines is 1. The molecule has 0 aliphatic rings. The molecule has 9 nitrogen and oxygen atoms in total. The lowest BCUT2D eigenvalue weighted by Gasteiger charge is -2.04. The quantitative estimate of drug-likeness (QED) is 0.500. The predicted octanol–water partition coefficient (Wildman–Crippen LogP) is 4.67. The number of amides is 1. The first kappa shape index (κ1) is 18.1. The molecule has 0 aliphatic heterocycles. The molecule has 0 unspecified atom stereocenters. The monoisotopic (exact) mass is 387 g/mol. The summed E-state index contributed by atoms with van der Waals surface area (Å²) in [7, 11) is 0. The highest BCUT2D eigenvalue weighted by atomic mass is 35.5. The molecule has 0 spiro atoms. The molecule has 0 bridgehead atoms. The zero-order valence-corrected chi connectivity index (χ0v) is 14.2. The molecule has 1 amide bonds. The van der Waals surface area contributed by atoms with E-state index in [9.17, 15) is 25.0 Å². The Balaban J connectivity index is 1.81. The number of nitrogens with one attached hydrogen (secondary N) is 1. The number of halogens is 1. The third-order valence-electron chi connectivity index (χ3n) is 3.57. The van der Waals surface area contributed by atoms with E-state index in [4.69, 9.17) is 16.0 Å².